The van der Waals surface area contributed by atoms with Gasteiger partial charge in [-0.25, -0.2) is 0 Å². The van der Waals surface area contributed by atoms with Gasteiger partial charge in [-0.1, -0.05) is 99.9 Å². The summed E-state index contributed by atoms with van der Waals surface area (Å²) in [5, 5.41) is 65.3. The summed E-state index contributed by atoms with van der Waals surface area (Å²) in [6.45, 7) is 13.1. The monoisotopic (exact) mass is 920 g/mol. The molecule has 0 unspecified atom stereocenters. The molecule has 0 aliphatic rings. The molecule has 12 nitrogen and oxygen atoms in total. The van der Waals surface area contributed by atoms with Crippen molar-refractivity contribution in [1.82, 2.24) is 0 Å². The molecule has 0 N–H and O–H groups in total. The Morgan fingerprint density at radius 2 is 0.556 bits per heavy atom. The van der Waals surface area contributed by atoms with Crippen LogP contribution in [0.3, 0.4) is 0 Å². The van der Waals surface area contributed by atoms with Crippen LogP contribution in [0.2, 0.25) is 0 Å². The van der Waals surface area contributed by atoms with Crippen LogP contribution in [0.4, 0.5) is 0 Å². The Balaban J connectivity index is -0.000000220. The molecule has 292 valence electrons. The second-order valence-corrected chi connectivity index (χ2v) is 10.7. The van der Waals surface area contributed by atoms with Gasteiger partial charge in [0.25, 0.3) is 0 Å². The largest absolute Gasteiger partial charge is 3.00 e. The first kappa shape index (κ1) is 58.3. The third-order valence-corrected chi connectivity index (χ3v) is 5.11. The van der Waals surface area contributed by atoms with Crippen LogP contribution in [-0.4, -0.2) is 34.7 Å². The molecule has 2 aromatic carbocycles. The number of hydrogen-bond acceptors (Lipinski definition) is 12. The van der Waals surface area contributed by atoms with Gasteiger partial charge in [-0.15, -0.1) is 23.0 Å². The minimum absolute atomic E-state index is 0. The van der Waals surface area contributed by atoms with Gasteiger partial charge in [0.2, 0.25) is 0 Å². The Hall–Kier alpha value is -5.05. The summed E-state index contributed by atoms with van der Waals surface area (Å²) in [4.78, 5) is 64.0. The summed E-state index contributed by atoms with van der Waals surface area (Å²) in [5.41, 5.74) is -0.241. The third kappa shape index (κ3) is 32.8. The standard InChI is InChI=1S/C20H18O4.4C5H8O2.2Ru/c1-13(21)17(19(23)15-9-5-3-6-10-15)18(14(2)22)20(24)16-11-7-4-8-12-16;4*1-4(6)3-5(2)7;;/h3-12,23-24H,1-2H3;4*3,6H,1-2H3;;/q;;;;;2*+3/p-6/b19-17+,20-18+;4*4-3-;;. The van der Waals surface area contributed by atoms with Crippen molar-refractivity contribution in [3.63, 3.8) is 0 Å². The zero-order valence-electron chi connectivity index (χ0n) is 31.7. The number of carbonyl (C=O) groups is 6. The molecule has 0 amide bonds. The molecule has 0 fully saturated rings. The maximum absolute atomic E-state index is 12.7. The van der Waals surface area contributed by atoms with E-state index in [9.17, 15) is 59.4 Å². The van der Waals surface area contributed by atoms with Gasteiger partial charge in [-0.3, -0.25) is 28.8 Å². The molecule has 0 spiro atoms. The van der Waals surface area contributed by atoms with Gasteiger partial charge >= 0.3 is 39.0 Å². The third-order valence-electron chi connectivity index (χ3n) is 5.11. The van der Waals surface area contributed by atoms with Crippen molar-refractivity contribution < 1.29 is 98.4 Å². The topological polar surface area (TPSA) is 241 Å². The molecule has 0 atom stereocenters. The van der Waals surface area contributed by atoms with Crippen LogP contribution in [0.1, 0.15) is 80.4 Å². The molecule has 54 heavy (non-hydrogen) atoms. The molecule has 0 bridgehead atoms. The fourth-order valence-corrected chi connectivity index (χ4v) is 3.51. The van der Waals surface area contributed by atoms with Crippen LogP contribution in [0, 0.1) is 0 Å². The maximum Gasteiger partial charge on any atom is 3.00 e. The fourth-order valence-electron chi connectivity index (χ4n) is 3.51. The van der Waals surface area contributed by atoms with E-state index in [1.807, 2.05) is 0 Å². The minimum atomic E-state index is -0.627. The predicted molar refractivity (Wildman–Crippen MR) is 186 cm³/mol. The van der Waals surface area contributed by atoms with Crippen molar-refractivity contribution >= 4 is 46.2 Å². The summed E-state index contributed by atoms with van der Waals surface area (Å²) in [5.74, 6) is -3.98. The Labute approximate surface area is 342 Å². The van der Waals surface area contributed by atoms with Crippen LogP contribution in [0.15, 0.2) is 119 Å². The van der Waals surface area contributed by atoms with E-state index in [0.717, 1.165) is 24.3 Å². The second-order valence-electron chi connectivity index (χ2n) is 10.7. The first-order valence-electron chi connectivity index (χ1n) is 15.3. The summed E-state index contributed by atoms with van der Waals surface area (Å²) < 4.78 is 0. The average Bonchev–Trinajstić information content (AvgIpc) is 2.98. The summed E-state index contributed by atoms with van der Waals surface area (Å²) in [6, 6.07) is 16.2. The molecule has 2 rings (SSSR count). The molecule has 0 saturated heterocycles. The summed E-state index contributed by atoms with van der Waals surface area (Å²) in [7, 11) is 0. The molecule has 14 heteroatoms. The van der Waals surface area contributed by atoms with E-state index in [-0.39, 0.29) is 107 Å². The molecular formula is C40H44O12Ru2. The smallest absolute Gasteiger partial charge is 0.876 e. The Kier molecular flexibility index (Phi) is 35.2. The van der Waals surface area contributed by atoms with Gasteiger partial charge in [0.15, 0.2) is 34.7 Å². The molecule has 0 heterocycles. The summed E-state index contributed by atoms with van der Waals surface area (Å²) >= 11 is 0. The van der Waals surface area contributed by atoms with Gasteiger partial charge in [0.1, 0.15) is 0 Å². The zero-order valence-corrected chi connectivity index (χ0v) is 35.2. The number of ketones is 6. The Morgan fingerprint density at radius 3 is 0.667 bits per heavy atom. The Bertz CT molecular complexity index is 1520. The van der Waals surface area contributed by atoms with Crippen LogP contribution >= 0.6 is 0 Å². The van der Waals surface area contributed by atoms with Crippen LogP contribution < -0.4 is 30.6 Å². The van der Waals surface area contributed by atoms with Gasteiger partial charge in [-0.2, -0.15) is 0 Å². The van der Waals surface area contributed by atoms with E-state index in [2.05, 4.69) is 0 Å². The van der Waals surface area contributed by atoms with Gasteiger partial charge < -0.3 is 30.6 Å². The van der Waals surface area contributed by atoms with E-state index in [4.69, 9.17) is 0 Å². The Morgan fingerprint density at radius 1 is 0.370 bits per heavy atom. The van der Waals surface area contributed by atoms with Crippen molar-refractivity contribution in [3.8, 4) is 0 Å². The van der Waals surface area contributed by atoms with Crippen molar-refractivity contribution in [1.29, 1.82) is 0 Å². The zero-order chi connectivity index (χ0) is 41.1. The van der Waals surface area contributed by atoms with E-state index in [1.165, 1.54) is 93.5 Å². The van der Waals surface area contributed by atoms with E-state index >= 15 is 0 Å². The quantitative estimate of drug-likeness (QED) is 0.149. The van der Waals surface area contributed by atoms with E-state index < -0.39 is 23.1 Å². The van der Waals surface area contributed by atoms with Crippen molar-refractivity contribution in [2.75, 3.05) is 0 Å². The summed E-state index contributed by atoms with van der Waals surface area (Å²) in [6.07, 6.45) is 4.22. The van der Waals surface area contributed by atoms with Gasteiger partial charge in [0.05, 0.1) is 0 Å². The number of rotatable bonds is 9. The molecule has 2 aromatic rings. The van der Waals surface area contributed by atoms with Crippen molar-refractivity contribution in [2.45, 2.75) is 69.2 Å². The number of carbonyl (C=O) groups excluding carboxylic acids is 6. The van der Waals surface area contributed by atoms with Gasteiger partial charge in [0, 0.05) is 11.1 Å². The molecule has 0 aliphatic heterocycles. The molecule has 2 radical (unpaired) electrons. The first-order valence-corrected chi connectivity index (χ1v) is 15.3. The second kappa shape index (κ2) is 32.6. The number of hydrogen-bond donors (Lipinski definition) is 0. The predicted octanol–water partition coefficient (Wildman–Crippen LogP) is 1.06. The molecule has 0 saturated carbocycles. The normalized spacial score (nSPS) is 11.7. The van der Waals surface area contributed by atoms with E-state index in [0.29, 0.717) is 0 Å². The van der Waals surface area contributed by atoms with Gasteiger partial charge in [-0.05, 0) is 77.0 Å². The van der Waals surface area contributed by atoms with Crippen molar-refractivity contribution in [2.24, 2.45) is 0 Å². The minimum Gasteiger partial charge on any atom is -0.876 e. The molecular weight excluding hydrogens is 875 g/mol. The fraction of sp³-hybridized carbons (Fsp3) is 0.250. The maximum atomic E-state index is 12.7. The van der Waals surface area contributed by atoms with Crippen LogP contribution in [0.5, 0.6) is 0 Å². The van der Waals surface area contributed by atoms with Crippen LogP contribution in [-0.2, 0) is 67.7 Å². The number of Topliss-reactive ketones (excluding diaryl/α,β-unsaturated/α-hetero) is 2. The number of benzene rings is 2. The molecule has 0 aromatic heterocycles. The van der Waals surface area contributed by atoms with E-state index in [1.54, 1.807) is 36.4 Å². The SMILES string of the molecule is CC(=O)/C=C(/C)[O-].CC(=O)/C=C(/C)[O-].CC(=O)/C=C(/C)[O-].CC(=O)/C=C(/C)[O-].CC(=O)C(/C(C(C)=O)=C(/[O-])c1ccccc1)=C(\[O-])c1ccccc1.[Ru+3].[Ru+3]. The first-order chi connectivity index (χ1) is 23.9. The average molecular weight is 919 g/mol. The molecule has 0 aliphatic carbocycles. The van der Waals surface area contributed by atoms with Crippen LogP contribution in [0.25, 0.3) is 11.5 Å². The number of allylic oxidation sites excluding steroid dienone is 10. The van der Waals surface area contributed by atoms with Crippen molar-refractivity contribution in [3.05, 3.63) is 130 Å².